The van der Waals surface area contributed by atoms with Crippen LogP contribution in [0.15, 0.2) is 36.5 Å². The number of pyridine rings is 1. The predicted octanol–water partition coefficient (Wildman–Crippen LogP) is 3.66. The average Bonchev–Trinajstić information content (AvgIpc) is 2.81. The molecule has 0 fully saturated rings. The van der Waals surface area contributed by atoms with Crippen LogP contribution >= 0.6 is 0 Å². The molecular formula is C22H26FN5O4. The third-order valence-electron chi connectivity index (χ3n) is 4.87. The number of nitrogens with zero attached hydrogens (tertiary/aromatic N) is 3. The molecule has 1 atom stereocenters. The number of nitrogens with one attached hydrogen (secondary N) is 2. The number of ether oxygens (including phenoxy) is 2. The SMILES string of the molecule is COc1ccc(CNc2nc(N[C@H](CCCCF)C(=O)O)c3ncccc3n2)c(OC)c1. The Bertz CT molecular complexity index is 1070. The molecule has 0 aliphatic carbocycles. The molecule has 0 saturated heterocycles. The number of carbonyl (C=O) groups is 1. The molecule has 0 aliphatic rings. The van der Waals surface area contributed by atoms with E-state index in [1.54, 1.807) is 38.6 Å². The smallest absolute Gasteiger partial charge is 0.326 e. The Labute approximate surface area is 185 Å². The standard InChI is InChI=1S/C22H26FN5O4/c1-31-15-9-8-14(18(12-15)32-2)13-25-22-27-16-7-5-11-24-19(16)20(28-22)26-17(21(29)30)6-3-4-10-23/h5,7-9,11-12,17H,3-4,6,10,13H2,1-2H3,(H,29,30)(H2,25,26,27,28)/t17-/m1/s1. The van der Waals surface area contributed by atoms with Gasteiger partial charge in [-0.2, -0.15) is 4.98 Å². The zero-order valence-corrected chi connectivity index (χ0v) is 18.0. The van der Waals surface area contributed by atoms with Crippen molar-refractivity contribution in [3.05, 3.63) is 42.1 Å². The van der Waals surface area contributed by atoms with Crippen LogP contribution in [-0.4, -0.2) is 53.0 Å². The zero-order chi connectivity index (χ0) is 22.9. The number of aliphatic carboxylic acids is 1. The lowest BCUT2D eigenvalue weighted by atomic mass is 10.1. The topological polar surface area (TPSA) is 118 Å². The van der Waals surface area contributed by atoms with E-state index >= 15 is 0 Å². The van der Waals surface area contributed by atoms with Crippen molar-refractivity contribution in [1.82, 2.24) is 15.0 Å². The maximum atomic E-state index is 12.4. The number of anilines is 2. The fraction of sp³-hybridized carbons (Fsp3) is 0.364. The van der Waals surface area contributed by atoms with E-state index in [-0.39, 0.29) is 6.42 Å². The first-order valence-corrected chi connectivity index (χ1v) is 10.2. The number of benzene rings is 1. The van der Waals surface area contributed by atoms with E-state index in [0.29, 0.717) is 53.7 Å². The lowest BCUT2D eigenvalue weighted by Gasteiger charge is -2.17. The molecule has 0 spiro atoms. The highest BCUT2D eigenvalue weighted by atomic mass is 19.1. The summed E-state index contributed by atoms with van der Waals surface area (Å²) in [5.74, 6) is 0.893. The van der Waals surface area contributed by atoms with Crippen LogP contribution in [0, 0.1) is 0 Å². The number of halogens is 1. The molecule has 170 valence electrons. The van der Waals surface area contributed by atoms with E-state index in [1.165, 1.54) is 0 Å². The Balaban J connectivity index is 1.85. The Hall–Kier alpha value is -3.69. The first-order chi connectivity index (χ1) is 15.5. The number of unbranched alkanes of at least 4 members (excludes halogenated alkanes) is 1. The highest BCUT2D eigenvalue weighted by Crippen LogP contribution is 2.26. The monoisotopic (exact) mass is 443 g/mol. The average molecular weight is 443 g/mol. The summed E-state index contributed by atoms with van der Waals surface area (Å²) in [7, 11) is 3.16. The molecule has 3 rings (SSSR count). The number of methoxy groups -OCH3 is 2. The molecule has 1 aromatic carbocycles. The van der Waals surface area contributed by atoms with Crippen molar-refractivity contribution >= 4 is 28.8 Å². The van der Waals surface area contributed by atoms with Gasteiger partial charge in [0.2, 0.25) is 5.95 Å². The molecule has 2 heterocycles. The number of aromatic nitrogens is 3. The maximum absolute atomic E-state index is 12.4. The van der Waals surface area contributed by atoms with Crippen LogP contribution in [0.5, 0.6) is 11.5 Å². The van der Waals surface area contributed by atoms with Crippen LogP contribution in [0.25, 0.3) is 11.0 Å². The number of fused-ring (bicyclic) bond motifs is 1. The molecule has 3 N–H and O–H groups in total. The Morgan fingerprint density at radius 1 is 1.19 bits per heavy atom. The minimum atomic E-state index is -1.04. The van der Waals surface area contributed by atoms with Crippen LogP contribution in [0.2, 0.25) is 0 Å². The van der Waals surface area contributed by atoms with Gasteiger partial charge in [-0.15, -0.1) is 0 Å². The number of hydrogen-bond donors (Lipinski definition) is 3. The zero-order valence-electron chi connectivity index (χ0n) is 18.0. The van der Waals surface area contributed by atoms with Crippen molar-refractivity contribution in [2.75, 3.05) is 31.5 Å². The van der Waals surface area contributed by atoms with E-state index in [9.17, 15) is 14.3 Å². The summed E-state index contributed by atoms with van der Waals surface area (Å²) < 4.78 is 23.1. The summed E-state index contributed by atoms with van der Waals surface area (Å²) in [4.78, 5) is 24.9. The molecule has 0 aliphatic heterocycles. The van der Waals surface area contributed by atoms with Crippen LogP contribution in [0.4, 0.5) is 16.2 Å². The Morgan fingerprint density at radius 2 is 2.03 bits per heavy atom. The number of hydrogen-bond acceptors (Lipinski definition) is 8. The van der Waals surface area contributed by atoms with Gasteiger partial charge < -0.3 is 25.2 Å². The van der Waals surface area contributed by atoms with Gasteiger partial charge in [0.05, 0.1) is 26.4 Å². The number of carboxylic acid groups (broad SMARTS) is 1. The van der Waals surface area contributed by atoms with Gasteiger partial charge in [-0.1, -0.05) is 0 Å². The fourth-order valence-corrected chi connectivity index (χ4v) is 3.18. The summed E-state index contributed by atoms with van der Waals surface area (Å²) >= 11 is 0. The lowest BCUT2D eigenvalue weighted by Crippen LogP contribution is -2.30. The van der Waals surface area contributed by atoms with E-state index < -0.39 is 18.7 Å². The molecule has 9 nitrogen and oxygen atoms in total. The van der Waals surface area contributed by atoms with Gasteiger partial charge in [-0.05, 0) is 43.5 Å². The summed E-state index contributed by atoms with van der Waals surface area (Å²) in [6, 6.07) is 8.07. The number of carboxylic acids is 1. The third-order valence-corrected chi connectivity index (χ3v) is 4.87. The van der Waals surface area contributed by atoms with Crippen molar-refractivity contribution < 1.29 is 23.8 Å². The molecule has 0 amide bonds. The highest BCUT2D eigenvalue weighted by Gasteiger charge is 2.20. The predicted molar refractivity (Wildman–Crippen MR) is 119 cm³/mol. The lowest BCUT2D eigenvalue weighted by molar-refractivity contribution is -0.138. The Kier molecular flexibility index (Phi) is 7.96. The van der Waals surface area contributed by atoms with Crippen LogP contribution in [0.3, 0.4) is 0 Å². The third kappa shape index (κ3) is 5.71. The van der Waals surface area contributed by atoms with Gasteiger partial charge in [-0.3, -0.25) is 9.37 Å². The summed E-state index contributed by atoms with van der Waals surface area (Å²) in [5, 5.41) is 15.7. The van der Waals surface area contributed by atoms with Gasteiger partial charge >= 0.3 is 5.97 Å². The van der Waals surface area contributed by atoms with E-state index in [0.717, 1.165) is 5.56 Å². The largest absolute Gasteiger partial charge is 0.497 e. The first kappa shape index (κ1) is 23.0. The van der Waals surface area contributed by atoms with E-state index in [2.05, 4.69) is 25.6 Å². The quantitative estimate of drug-likeness (QED) is 0.360. The Morgan fingerprint density at radius 3 is 2.75 bits per heavy atom. The summed E-state index contributed by atoms with van der Waals surface area (Å²) in [6.07, 6.45) is 2.61. The molecule has 0 unspecified atom stereocenters. The molecule has 2 aromatic heterocycles. The van der Waals surface area contributed by atoms with Crippen molar-refractivity contribution in [3.63, 3.8) is 0 Å². The van der Waals surface area contributed by atoms with Crippen molar-refractivity contribution in [2.24, 2.45) is 0 Å². The van der Waals surface area contributed by atoms with Crippen LogP contribution < -0.4 is 20.1 Å². The minimum absolute atomic E-state index is 0.267. The molecular weight excluding hydrogens is 417 g/mol. The van der Waals surface area contributed by atoms with Crippen molar-refractivity contribution in [2.45, 2.75) is 31.8 Å². The fourth-order valence-electron chi connectivity index (χ4n) is 3.18. The van der Waals surface area contributed by atoms with Crippen LogP contribution in [-0.2, 0) is 11.3 Å². The molecule has 0 saturated carbocycles. The van der Waals surface area contributed by atoms with Crippen molar-refractivity contribution in [1.29, 1.82) is 0 Å². The number of alkyl halides is 1. The minimum Gasteiger partial charge on any atom is -0.497 e. The molecule has 0 bridgehead atoms. The van der Waals surface area contributed by atoms with E-state index in [4.69, 9.17) is 9.47 Å². The second kappa shape index (κ2) is 11.1. The number of rotatable bonds is 12. The summed E-state index contributed by atoms with van der Waals surface area (Å²) in [5.41, 5.74) is 1.88. The summed E-state index contributed by atoms with van der Waals surface area (Å²) in [6.45, 7) is -0.107. The maximum Gasteiger partial charge on any atom is 0.326 e. The van der Waals surface area contributed by atoms with Gasteiger partial charge in [0.15, 0.2) is 5.82 Å². The molecule has 0 radical (unpaired) electrons. The highest BCUT2D eigenvalue weighted by molar-refractivity contribution is 5.88. The second-order valence-electron chi connectivity index (χ2n) is 7.02. The van der Waals surface area contributed by atoms with Gasteiger partial charge in [0.25, 0.3) is 0 Å². The normalized spacial score (nSPS) is 11.7. The molecule has 32 heavy (non-hydrogen) atoms. The van der Waals surface area contributed by atoms with Crippen LogP contribution in [0.1, 0.15) is 24.8 Å². The van der Waals surface area contributed by atoms with Gasteiger partial charge in [-0.25, -0.2) is 9.78 Å². The van der Waals surface area contributed by atoms with Gasteiger partial charge in [0.1, 0.15) is 23.1 Å². The van der Waals surface area contributed by atoms with Crippen molar-refractivity contribution in [3.8, 4) is 11.5 Å². The molecule has 3 aromatic rings. The van der Waals surface area contributed by atoms with Gasteiger partial charge in [0, 0.05) is 24.4 Å². The van der Waals surface area contributed by atoms with E-state index in [1.807, 2.05) is 12.1 Å². The molecule has 10 heteroatoms. The first-order valence-electron chi connectivity index (χ1n) is 10.2. The second-order valence-corrected chi connectivity index (χ2v) is 7.02.